The summed E-state index contributed by atoms with van der Waals surface area (Å²) in [6.45, 7) is 0.377. The minimum atomic E-state index is -3.78. The summed E-state index contributed by atoms with van der Waals surface area (Å²) in [6.07, 6.45) is 2.11. The lowest BCUT2D eigenvalue weighted by atomic mass is 10.2. The minimum Gasteiger partial charge on any atom is -0.495 e. The molecule has 0 aliphatic carbocycles. The van der Waals surface area contributed by atoms with Crippen molar-refractivity contribution in [3.8, 4) is 5.75 Å². The van der Waals surface area contributed by atoms with Crippen molar-refractivity contribution in [2.24, 2.45) is 7.05 Å². The molecule has 9 heteroatoms. The van der Waals surface area contributed by atoms with Gasteiger partial charge < -0.3 is 14.6 Å². The van der Waals surface area contributed by atoms with E-state index in [9.17, 15) is 13.2 Å². The molecule has 7 nitrogen and oxygen atoms in total. The Morgan fingerprint density at radius 3 is 2.67 bits per heavy atom. The first-order chi connectivity index (χ1) is 14.3. The van der Waals surface area contributed by atoms with Crippen LogP contribution in [0.4, 0.5) is 11.4 Å². The molecule has 0 fully saturated rings. The summed E-state index contributed by atoms with van der Waals surface area (Å²) in [4.78, 5) is 12.8. The third-order valence-corrected chi connectivity index (χ3v) is 7.13. The van der Waals surface area contributed by atoms with Gasteiger partial charge in [-0.25, -0.2) is 8.42 Å². The fraction of sp³-hybridized carbons (Fsp3) is 0.190. The lowest BCUT2D eigenvalue weighted by Gasteiger charge is -2.18. The van der Waals surface area contributed by atoms with Crippen molar-refractivity contribution in [3.63, 3.8) is 0 Å². The molecule has 2 heterocycles. The summed E-state index contributed by atoms with van der Waals surface area (Å²) < 4.78 is 34.4. The van der Waals surface area contributed by atoms with Gasteiger partial charge in [-0.15, -0.1) is 0 Å². The van der Waals surface area contributed by atoms with Gasteiger partial charge in [0.25, 0.3) is 15.9 Å². The van der Waals surface area contributed by atoms with Crippen LogP contribution in [0.3, 0.4) is 0 Å². The summed E-state index contributed by atoms with van der Waals surface area (Å²) in [5.41, 5.74) is 2.37. The number of amides is 1. The lowest BCUT2D eigenvalue weighted by molar-refractivity contribution is 0.101. The van der Waals surface area contributed by atoms with Crippen molar-refractivity contribution in [1.82, 2.24) is 4.57 Å². The first-order valence-electron chi connectivity index (χ1n) is 9.23. The molecule has 1 aliphatic rings. The highest BCUT2D eigenvalue weighted by Crippen LogP contribution is 2.33. The summed E-state index contributed by atoms with van der Waals surface area (Å²) in [7, 11) is -0.645. The Hall–Kier alpha value is -2.97. The number of benzene rings is 2. The average Bonchev–Trinajstić information content (AvgIpc) is 3.32. The standard InChI is InChI=1S/C21H20ClN3O4S/c1-24-13-16(30(27,28)25-10-9-14-5-3-4-6-18(14)25)12-19(24)21(26)23-15-7-8-20(29-2)17(22)11-15/h3-8,11-13H,9-10H2,1-2H3,(H,23,26). The van der Waals surface area contributed by atoms with E-state index in [1.54, 1.807) is 31.3 Å². The second kappa shape index (κ2) is 7.70. The van der Waals surface area contributed by atoms with Crippen LogP contribution in [0.2, 0.25) is 5.02 Å². The molecule has 0 spiro atoms. The maximum absolute atomic E-state index is 13.2. The quantitative estimate of drug-likeness (QED) is 0.649. The van der Waals surface area contributed by atoms with E-state index in [4.69, 9.17) is 16.3 Å². The van der Waals surface area contributed by atoms with Gasteiger partial charge in [-0.3, -0.25) is 9.10 Å². The molecule has 0 radical (unpaired) electrons. The Labute approximate surface area is 179 Å². The highest BCUT2D eigenvalue weighted by Gasteiger charge is 2.32. The number of carbonyl (C=O) groups is 1. The van der Waals surface area contributed by atoms with Crippen LogP contribution in [0.5, 0.6) is 5.75 Å². The van der Waals surface area contributed by atoms with E-state index in [1.165, 1.54) is 28.2 Å². The van der Waals surface area contributed by atoms with Crippen LogP contribution >= 0.6 is 11.6 Å². The van der Waals surface area contributed by atoms with E-state index in [2.05, 4.69) is 5.32 Å². The van der Waals surface area contributed by atoms with E-state index in [-0.39, 0.29) is 10.6 Å². The van der Waals surface area contributed by atoms with Gasteiger partial charge in [-0.1, -0.05) is 29.8 Å². The van der Waals surface area contributed by atoms with Gasteiger partial charge >= 0.3 is 0 Å². The molecule has 2 aromatic carbocycles. The van der Waals surface area contributed by atoms with Crippen LogP contribution in [0.1, 0.15) is 16.1 Å². The van der Waals surface area contributed by atoms with Crippen molar-refractivity contribution >= 4 is 38.9 Å². The van der Waals surface area contributed by atoms with E-state index >= 15 is 0 Å². The van der Waals surface area contributed by atoms with E-state index in [0.717, 1.165) is 5.56 Å². The number of para-hydroxylation sites is 1. The molecule has 1 N–H and O–H groups in total. The van der Waals surface area contributed by atoms with Crippen LogP contribution < -0.4 is 14.4 Å². The van der Waals surface area contributed by atoms with Crippen LogP contribution in [0.15, 0.2) is 59.6 Å². The van der Waals surface area contributed by atoms with Crippen molar-refractivity contribution < 1.29 is 17.9 Å². The number of carbonyl (C=O) groups excluding carboxylic acids is 1. The molecule has 1 aromatic heterocycles. The van der Waals surface area contributed by atoms with Gasteiger partial charge in [0.15, 0.2) is 0 Å². The number of hydrogen-bond acceptors (Lipinski definition) is 4. The van der Waals surface area contributed by atoms with Crippen LogP contribution in [0, 0.1) is 0 Å². The fourth-order valence-corrected chi connectivity index (χ4v) is 5.36. The zero-order valence-electron chi connectivity index (χ0n) is 16.4. The summed E-state index contributed by atoms with van der Waals surface area (Å²) in [5.74, 6) is 0.0508. The molecule has 3 aromatic rings. The largest absolute Gasteiger partial charge is 0.495 e. The molecular weight excluding hydrogens is 426 g/mol. The number of aromatic nitrogens is 1. The second-order valence-electron chi connectivity index (χ2n) is 6.93. The normalized spacial score (nSPS) is 13.2. The Bertz CT molecular complexity index is 1240. The number of sulfonamides is 1. The van der Waals surface area contributed by atoms with Crippen LogP contribution in [0.25, 0.3) is 0 Å². The van der Waals surface area contributed by atoms with Gasteiger partial charge in [0, 0.05) is 25.5 Å². The Balaban J connectivity index is 1.60. The molecule has 0 saturated heterocycles. The number of nitrogens with zero attached hydrogens (tertiary/aromatic N) is 2. The SMILES string of the molecule is COc1ccc(NC(=O)c2cc(S(=O)(=O)N3CCc4ccccc43)cn2C)cc1Cl. The Kier molecular flexibility index (Phi) is 5.21. The topological polar surface area (TPSA) is 80.6 Å². The number of fused-ring (bicyclic) bond motifs is 1. The van der Waals surface area contributed by atoms with Crippen molar-refractivity contribution in [1.29, 1.82) is 0 Å². The fourth-order valence-electron chi connectivity index (χ4n) is 3.53. The molecule has 4 rings (SSSR count). The number of nitrogens with one attached hydrogen (secondary N) is 1. The number of halogens is 1. The molecular formula is C21H20ClN3O4S. The van der Waals surface area contributed by atoms with Gasteiger partial charge in [0.05, 0.1) is 17.8 Å². The van der Waals surface area contributed by atoms with Crippen LogP contribution in [-0.2, 0) is 23.5 Å². The highest BCUT2D eigenvalue weighted by atomic mass is 35.5. The van der Waals surface area contributed by atoms with E-state index in [0.29, 0.717) is 35.1 Å². The average molecular weight is 446 g/mol. The number of aryl methyl sites for hydroxylation is 1. The van der Waals surface area contributed by atoms with Gasteiger partial charge in [-0.2, -0.15) is 0 Å². The molecule has 0 atom stereocenters. The predicted octanol–water partition coefficient (Wildman–Crippen LogP) is 3.69. The van der Waals surface area contributed by atoms with Gasteiger partial charge in [-0.05, 0) is 42.3 Å². The zero-order valence-corrected chi connectivity index (χ0v) is 18.0. The van der Waals surface area contributed by atoms with Crippen molar-refractivity contribution in [2.45, 2.75) is 11.3 Å². The summed E-state index contributed by atoms with van der Waals surface area (Å²) >= 11 is 6.10. The molecule has 0 bridgehead atoms. The number of rotatable bonds is 5. The molecule has 30 heavy (non-hydrogen) atoms. The molecule has 0 saturated carbocycles. The maximum atomic E-state index is 13.2. The van der Waals surface area contributed by atoms with Gasteiger partial charge in [0.2, 0.25) is 0 Å². The highest BCUT2D eigenvalue weighted by molar-refractivity contribution is 7.92. The van der Waals surface area contributed by atoms with Crippen molar-refractivity contribution in [3.05, 3.63) is 71.0 Å². The van der Waals surface area contributed by atoms with Crippen LogP contribution in [-0.4, -0.2) is 32.5 Å². The first kappa shape index (κ1) is 20.3. The molecule has 1 amide bonds. The minimum absolute atomic E-state index is 0.0691. The van der Waals surface area contributed by atoms with Gasteiger partial charge in [0.1, 0.15) is 16.3 Å². The van der Waals surface area contributed by atoms with Crippen molar-refractivity contribution in [2.75, 3.05) is 23.3 Å². The first-order valence-corrected chi connectivity index (χ1v) is 11.0. The zero-order chi connectivity index (χ0) is 21.5. The Morgan fingerprint density at radius 2 is 1.93 bits per heavy atom. The monoisotopic (exact) mass is 445 g/mol. The summed E-state index contributed by atoms with van der Waals surface area (Å²) in [5, 5.41) is 3.09. The third-order valence-electron chi connectivity index (χ3n) is 5.05. The number of ether oxygens (including phenoxy) is 1. The third kappa shape index (κ3) is 3.53. The lowest BCUT2D eigenvalue weighted by Crippen LogP contribution is -2.28. The second-order valence-corrected chi connectivity index (χ2v) is 9.20. The molecule has 0 unspecified atom stereocenters. The smallest absolute Gasteiger partial charge is 0.272 e. The molecule has 1 aliphatic heterocycles. The van der Waals surface area contributed by atoms with E-state index < -0.39 is 15.9 Å². The maximum Gasteiger partial charge on any atom is 0.272 e. The summed E-state index contributed by atoms with van der Waals surface area (Å²) in [6, 6.07) is 13.7. The van der Waals surface area contributed by atoms with E-state index in [1.807, 2.05) is 18.2 Å². The predicted molar refractivity (Wildman–Crippen MR) is 116 cm³/mol. The number of methoxy groups -OCH3 is 1. The molecule has 156 valence electrons. The number of hydrogen-bond donors (Lipinski definition) is 1. The number of anilines is 2. The Morgan fingerprint density at radius 1 is 1.17 bits per heavy atom.